The van der Waals surface area contributed by atoms with E-state index in [2.05, 4.69) is 135 Å². The second kappa shape index (κ2) is 67.6. The number of rotatable bonds is 60. The van der Waals surface area contributed by atoms with Crippen LogP contribution >= 0.6 is 0 Å². The largest absolute Gasteiger partial charge is 0.462 e. The molecule has 0 heterocycles. The fraction of sp³-hybridized carbons (Fsp3) is 0.699. The SMILES string of the molecule is CC/C=C\C/C=C\C/C=C\C/C=C\C/C=C\C/C=C\C/C=C\CCCCCCCCCCCCCCCCCC(=O)OC(CO)COC(=O)CCCCCCCCCCCCCC/C=C\C/C=C\C/C=C\CCCCCCC. The summed E-state index contributed by atoms with van der Waals surface area (Å²) in [5.74, 6) is -0.588. The van der Waals surface area contributed by atoms with Crippen LogP contribution in [0.4, 0.5) is 0 Å². The van der Waals surface area contributed by atoms with Crippen molar-refractivity contribution in [2.75, 3.05) is 13.2 Å². The summed E-state index contributed by atoms with van der Waals surface area (Å²) in [6, 6.07) is 0. The molecule has 0 aliphatic carbocycles. The van der Waals surface area contributed by atoms with Gasteiger partial charge in [-0.25, -0.2) is 0 Å². The van der Waals surface area contributed by atoms with Crippen LogP contribution in [0.25, 0.3) is 0 Å². The van der Waals surface area contributed by atoms with E-state index in [0.717, 1.165) is 96.3 Å². The van der Waals surface area contributed by atoms with Crippen LogP contribution in [0.15, 0.2) is 122 Å². The fourth-order valence-corrected chi connectivity index (χ4v) is 9.31. The third-order valence-electron chi connectivity index (χ3n) is 14.2. The number of unbranched alkanes of at least 4 members (excludes halogenated alkanes) is 32. The van der Waals surface area contributed by atoms with Gasteiger partial charge in [-0.1, -0.05) is 309 Å². The quantitative estimate of drug-likeness (QED) is 0.0373. The molecule has 0 saturated carbocycles. The maximum absolute atomic E-state index is 12.4. The molecule has 446 valence electrons. The highest BCUT2D eigenvalue weighted by atomic mass is 16.6. The van der Waals surface area contributed by atoms with E-state index in [1.165, 1.54) is 186 Å². The van der Waals surface area contributed by atoms with Gasteiger partial charge in [-0.05, 0) is 109 Å². The van der Waals surface area contributed by atoms with Crippen LogP contribution in [0.2, 0.25) is 0 Å². The predicted molar refractivity (Wildman–Crippen MR) is 343 cm³/mol. The van der Waals surface area contributed by atoms with Crippen molar-refractivity contribution >= 4 is 11.9 Å². The van der Waals surface area contributed by atoms with Crippen molar-refractivity contribution in [3.05, 3.63) is 122 Å². The normalized spacial score (nSPS) is 13.0. The van der Waals surface area contributed by atoms with E-state index in [0.29, 0.717) is 12.8 Å². The summed E-state index contributed by atoms with van der Waals surface area (Å²) in [6.45, 7) is 4.03. The van der Waals surface area contributed by atoms with Gasteiger partial charge in [-0.15, -0.1) is 0 Å². The first-order valence-corrected chi connectivity index (χ1v) is 33.1. The zero-order valence-corrected chi connectivity index (χ0v) is 51.1. The molecule has 1 N–H and O–H groups in total. The average molecular weight is 1080 g/mol. The van der Waals surface area contributed by atoms with E-state index >= 15 is 0 Å². The molecular formula is C73H124O5. The average Bonchev–Trinajstić information content (AvgIpc) is 3.44. The molecule has 0 bridgehead atoms. The van der Waals surface area contributed by atoms with Crippen LogP contribution in [-0.2, 0) is 19.1 Å². The zero-order valence-electron chi connectivity index (χ0n) is 51.1. The molecule has 0 aliphatic heterocycles. The highest BCUT2D eigenvalue weighted by molar-refractivity contribution is 5.70. The summed E-state index contributed by atoms with van der Waals surface area (Å²) in [7, 11) is 0. The molecule has 0 aromatic carbocycles. The van der Waals surface area contributed by atoms with E-state index in [-0.39, 0.29) is 25.2 Å². The van der Waals surface area contributed by atoms with Crippen LogP contribution < -0.4 is 0 Å². The molecule has 0 spiro atoms. The molecule has 0 amide bonds. The monoisotopic (exact) mass is 1080 g/mol. The maximum Gasteiger partial charge on any atom is 0.306 e. The van der Waals surface area contributed by atoms with Gasteiger partial charge >= 0.3 is 11.9 Å². The number of hydrogen-bond donors (Lipinski definition) is 1. The molecule has 78 heavy (non-hydrogen) atoms. The minimum absolute atomic E-state index is 0.0699. The highest BCUT2D eigenvalue weighted by Gasteiger charge is 2.16. The van der Waals surface area contributed by atoms with Gasteiger partial charge in [-0.2, -0.15) is 0 Å². The highest BCUT2D eigenvalue weighted by Crippen LogP contribution is 2.17. The lowest BCUT2D eigenvalue weighted by Gasteiger charge is -2.15. The first kappa shape index (κ1) is 74.3. The molecule has 5 nitrogen and oxygen atoms in total. The Bertz CT molecular complexity index is 1550. The lowest BCUT2D eigenvalue weighted by molar-refractivity contribution is -0.161. The van der Waals surface area contributed by atoms with Crippen LogP contribution in [-0.4, -0.2) is 36.4 Å². The Morgan fingerprint density at radius 2 is 0.551 bits per heavy atom. The van der Waals surface area contributed by atoms with Gasteiger partial charge in [-0.3, -0.25) is 9.59 Å². The van der Waals surface area contributed by atoms with Crippen molar-refractivity contribution in [3.63, 3.8) is 0 Å². The van der Waals surface area contributed by atoms with Gasteiger partial charge in [0.2, 0.25) is 0 Å². The summed E-state index contributed by atoms with van der Waals surface area (Å²) >= 11 is 0. The number of esters is 2. The molecular weight excluding hydrogens is 957 g/mol. The van der Waals surface area contributed by atoms with Crippen LogP contribution in [0.3, 0.4) is 0 Å². The van der Waals surface area contributed by atoms with Crippen molar-refractivity contribution in [1.82, 2.24) is 0 Å². The Labute approximate surface area is 483 Å². The van der Waals surface area contributed by atoms with Crippen LogP contribution in [0.1, 0.15) is 309 Å². The maximum atomic E-state index is 12.4. The number of ether oxygens (including phenoxy) is 2. The summed E-state index contributed by atoms with van der Waals surface area (Å²) in [5, 5.41) is 9.69. The predicted octanol–water partition coefficient (Wildman–Crippen LogP) is 23.0. The number of aliphatic hydroxyl groups excluding tert-OH is 1. The van der Waals surface area contributed by atoms with E-state index in [4.69, 9.17) is 9.47 Å². The van der Waals surface area contributed by atoms with Gasteiger partial charge in [0.15, 0.2) is 6.10 Å². The third-order valence-corrected chi connectivity index (χ3v) is 14.2. The summed E-state index contributed by atoms with van der Waals surface area (Å²) in [5.41, 5.74) is 0. The van der Waals surface area contributed by atoms with Crippen molar-refractivity contribution < 1.29 is 24.2 Å². The summed E-state index contributed by atoms with van der Waals surface area (Å²) in [6.07, 6.45) is 99.2. The second-order valence-electron chi connectivity index (χ2n) is 21.8. The standard InChI is InChI=1S/C73H124O5/c1-3-5-7-9-11-13-15-17-19-21-23-25-27-29-31-32-33-34-35-36-37-38-39-40-42-44-46-48-50-52-54-56-58-60-62-64-66-68-73(76)78-71(69-74)70-77-72(75)67-65-63-61-59-57-55-53-51-49-47-45-43-41-30-28-26-24-22-20-18-16-14-12-10-8-6-4-2/h5,7,11,13,16-19,22-25,28-31,33-34,36-37,71,74H,3-4,6,8-10,12,14-15,20-21,26-27,32,35,38-70H2,1-2H3/b7-5-,13-11-,18-16-,19-17-,24-22-,25-23-,30-28-,31-29-,34-33-,37-36-. The van der Waals surface area contributed by atoms with Gasteiger partial charge in [0, 0.05) is 12.8 Å². The van der Waals surface area contributed by atoms with Crippen molar-refractivity contribution in [2.45, 2.75) is 315 Å². The second-order valence-corrected chi connectivity index (χ2v) is 21.8. The Balaban J connectivity index is 3.50. The van der Waals surface area contributed by atoms with E-state index in [1.807, 2.05) is 0 Å². The molecule has 0 saturated heterocycles. The first-order chi connectivity index (χ1) is 38.6. The van der Waals surface area contributed by atoms with Gasteiger partial charge < -0.3 is 14.6 Å². The number of carbonyl (C=O) groups is 2. The molecule has 0 radical (unpaired) electrons. The molecule has 1 unspecified atom stereocenters. The summed E-state index contributed by atoms with van der Waals surface area (Å²) < 4.78 is 10.7. The fourth-order valence-electron chi connectivity index (χ4n) is 9.31. The number of carbonyl (C=O) groups excluding carboxylic acids is 2. The molecule has 0 fully saturated rings. The summed E-state index contributed by atoms with van der Waals surface area (Å²) in [4.78, 5) is 24.6. The number of allylic oxidation sites excluding steroid dienone is 20. The molecule has 0 rings (SSSR count). The Kier molecular flexibility index (Phi) is 64.4. The van der Waals surface area contributed by atoms with Gasteiger partial charge in [0.25, 0.3) is 0 Å². The first-order valence-electron chi connectivity index (χ1n) is 33.1. The van der Waals surface area contributed by atoms with Crippen molar-refractivity contribution in [2.24, 2.45) is 0 Å². The van der Waals surface area contributed by atoms with Gasteiger partial charge in [0.05, 0.1) is 6.61 Å². The van der Waals surface area contributed by atoms with Crippen LogP contribution in [0, 0.1) is 0 Å². The van der Waals surface area contributed by atoms with E-state index in [9.17, 15) is 14.7 Å². The third kappa shape index (κ3) is 64.8. The van der Waals surface area contributed by atoms with E-state index < -0.39 is 6.10 Å². The minimum Gasteiger partial charge on any atom is -0.462 e. The smallest absolute Gasteiger partial charge is 0.306 e. The Morgan fingerprint density at radius 1 is 0.308 bits per heavy atom. The molecule has 5 heteroatoms. The van der Waals surface area contributed by atoms with Gasteiger partial charge in [0.1, 0.15) is 6.61 Å². The molecule has 0 aromatic rings. The molecule has 0 aliphatic rings. The molecule has 1 atom stereocenters. The Morgan fingerprint density at radius 3 is 0.833 bits per heavy atom. The lowest BCUT2D eigenvalue weighted by Crippen LogP contribution is -2.28. The topological polar surface area (TPSA) is 72.8 Å². The Hall–Kier alpha value is -3.70. The molecule has 0 aromatic heterocycles. The minimum atomic E-state index is -0.780. The number of aliphatic hydroxyl groups is 1. The van der Waals surface area contributed by atoms with Crippen LogP contribution in [0.5, 0.6) is 0 Å². The van der Waals surface area contributed by atoms with E-state index in [1.54, 1.807) is 0 Å². The lowest BCUT2D eigenvalue weighted by atomic mass is 10.0. The number of hydrogen-bond acceptors (Lipinski definition) is 5. The van der Waals surface area contributed by atoms with Crippen molar-refractivity contribution in [3.8, 4) is 0 Å². The van der Waals surface area contributed by atoms with Crippen molar-refractivity contribution in [1.29, 1.82) is 0 Å². The zero-order chi connectivity index (χ0) is 56.2.